The summed E-state index contributed by atoms with van der Waals surface area (Å²) in [5.41, 5.74) is 1.67. The Morgan fingerprint density at radius 1 is 1.20 bits per heavy atom. The Balaban J connectivity index is 1.92. The van der Waals surface area contributed by atoms with Crippen LogP contribution in [0, 0.1) is 5.92 Å². The summed E-state index contributed by atoms with van der Waals surface area (Å²) in [5, 5.41) is 10.1. The summed E-state index contributed by atoms with van der Waals surface area (Å²) >= 11 is 0. The van der Waals surface area contributed by atoms with Crippen molar-refractivity contribution >= 4 is 21.6 Å². The van der Waals surface area contributed by atoms with Gasteiger partial charge in [-0.3, -0.25) is 19.4 Å². The number of carbonyl (C=O) groups is 1. The van der Waals surface area contributed by atoms with Crippen LogP contribution in [0.5, 0.6) is 5.75 Å². The van der Waals surface area contributed by atoms with Crippen LogP contribution >= 0.6 is 0 Å². The van der Waals surface area contributed by atoms with Gasteiger partial charge in [0.15, 0.2) is 0 Å². The van der Waals surface area contributed by atoms with Gasteiger partial charge in [-0.25, -0.2) is 8.42 Å². The number of rotatable bonds is 8. The molecule has 1 amide bonds. The van der Waals surface area contributed by atoms with E-state index in [4.69, 9.17) is 9.47 Å². The van der Waals surface area contributed by atoms with Gasteiger partial charge in [-0.05, 0) is 76.1 Å². The van der Waals surface area contributed by atoms with E-state index in [1.807, 2.05) is 26.1 Å². The Kier molecular flexibility index (Phi) is 11.7. The third kappa shape index (κ3) is 9.72. The van der Waals surface area contributed by atoms with Crippen molar-refractivity contribution in [1.82, 2.24) is 14.8 Å². The highest BCUT2D eigenvalue weighted by Gasteiger charge is 2.30. The predicted octanol–water partition coefficient (Wildman–Crippen LogP) is 3.38. The van der Waals surface area contributed by atoms with Crippen LogP contribution in [0.4, 0.5) is 5.69 Å². The second-order valence-corrected chi connectivity index (χ2v) is 12.7. The Hall–Kier alpha value is -2.73. The second-order valence-electron chi connectivity index (χ2n) is 10.9. The average Bonchev–Trinajstić information content (AvgIpc) is 2.90. The highest BCUT2D eigenvalue weighted by Crippen LogP contribution is 2.29. The number of aliphatic hydroxyl groups excluding tert-OH is 1. The van der Waals surface area contributed by atoms with E-state index in [9.17, 15) is 18.3 Å². The molecule has 1 aromatic carbocycles. The van der Waals surface area contributed by atoms with Gasteiger partial charge in [-0.2, -0.15) is 0 Å². The zero-order valence-corrected chi connectivity index (χ0v) is 25.1. The predicted molar refractivity (Wildman–Crippen MR) is 156 cm³/mol. The maximum absolute atomic E-state index is 14.0. The molecule has 2 N–H and O–H groups in total. The number of nitrogens with zero attached hydrogens (tertiary/aromatic N) is 3. The Morgan fingerprint density at radius 3 is 2.60 bits per heavy atom. The fraction of sp³-hybridized carbons (Fsp3) is 0.586. The molecule has 1 aromatic heterocycles. The zero-order valence-electron chi connectivity index (χ0n) is 24.2. The lowest BCUT2D eigenvalue weighted by Gasteiger charge is -2.36. The van der Waals surface area contributed by atoms with E-state index in [-0.39, 0.29) is 41.9 Å². The number of fused-ring (bicyclic) bond motifs is 1. The van der Waals surface area contributed by atoms with Crippen LogP contribution in [0.3, 0.4) is 0 Å². The first kappa shape index (κ1) is 31.8. The van der Waals surface area contributed by atoms with Crippen LogP contribution in [0.15, 0.2) is 42.7 Å². The number of carbonyl (C=O) groups excluding carboxylic acids is 1. The van der Waals surface area contributed by atoms with Crippen molar-refractivity contribution < 1.29 is 27.8 Å². The maximum atomic E-state index is 14.0. The van der Waals surface area contributed by atoms with E-state index in [1.54, 1.807) is 36.4 Å². The summed E-state index contributed by atoms with van der Waals surface area (Å²) < 4.78 is 38.8. The lowest BCUT2D eigenvalue weighted by atomic mass is 10.0. The monoisotopic (exact) mass is 576 g/mol. The minimum atomic E-state index is -3.55. The molecule has 40 heavy (non-hydrogen) atoms. The Morgan fingerprint density at radius 2 is 1.93 bits per heavy atom. The van der Waals surface area contributed by atoms with Gasteiger partial charge in [0.25, 0.3) is 5.91 Å². The number of benzene rings is 1. The molecule has 1 aliphatic rings. The molecule has 10 nitrogen and oxygen atoms in total. The quantitative estimate of drug-likeness (QED) is 0.491. The highest BCUT2D eigenvalue weighted by atomic mass is 32.2. The summed E-state index contributed by atoms with van der Waals surface area (Å²) in [6.07, 6.45) is 6.87. The van der Waals surface area contributed by atoms with E-state index < -0.39 is 16.1 Å². The van der Waals surface area contributed by atoms with Gasteiger partial charge in [-0.15, -0.1) is 0 Å². The fourth-order valence-corrected chi connectivity index (χ4v) is 5.39. The fourth-order valence-electron chi connectivity index (χ4n) is 4.83. The third-order valence-corrected chi connectivity index (χ3v) is 7.65. The van der Waals surface area contributed by atoms with Crippen LogP contribution in [-0.2, 0) is 21.3 Å². The molecule has 2 aromatic rings. The van der Waals surface area contributed by atoms with Crippen molar-refractivity contribution in [2.45, 2.75) is 64.8 Å². The second kappa shape index (κ2) is 14.8. The molecule has 3 rings (SSSR count). The number of aliphatic hydroxyl groups is 1. The number of ether oxygens (including phenoxy) is 2. The standard InChI is InChI=1S/C29H44N4O6S/c1-21-17-33(22(2)20-34)29(35)26-16-25(31-40(5,36)37)9-10-27(26)39-23(3)8-6-7-15-38-28(21)19-32(4)18-24-11-13-30-14-12-24/h9-14,16,21-23,28,31,34H,6-8,15,17-20H2,1-5H3/t21-,22-,23-,28-/m0/s1. The molecule has 0 spiro atoms. The van der Waals surface area contributed by atoms with Crippen molar-refractivity contribution in [1.29, 1.82) is 0 Å². The smallest absolute Gasteiger partial charge is 0.258 e. The SMILES string of the molecule is C[C@H]1CCCCO[C@@H](CN(C)Cc2ccncc2)[C@@H](C)CN([C@@H](C)CO)C(=O)c2cc(NS(C)(=O)=O)ccc2O1. The molecule has 0 fully saturated rings. The molecule has 11 heteroatoms. The van der Waals surface area contributed by atoms with Gasteiger partial charge >= 0.3 is 0 Å². The van der Waals surface area contributed by atoms with Crippen molar-refractivity contribution in [3.63, 3.8) is 0 Å². The van der Waals surface area contributed by atoms with E-state index in [0.717, 1.165) is 37.6 Å². The molecule has 2 heterocycles. The molecule has 0 radical (unpaired) electrons. The van der Waals surface area contributed by atoms with Crippen LogP contribution in [-0.4, -0.2) is 92.1 Å². The van der Waals surface area contributed by atoms with Crippen LogP contribution in [0.25, 0.3) is 0 Å². The van der Waals surface area contributed by atoms with E-state index in [1.165, 1.54) is 6.07 Å². The molecule has 222 valence electrons. The third-order valence-electron chi connectivity index (χ3n) is 7.05. The van der Waals surface area contributed by atoms with Crippen molar-refractivity contribution in [3.05, 3.63) is 53.9 Å². The minimum Gasteiger partial charge on any atom is -0.490 e. The molecule has 1 aliphatic heterocycles. The van der Waals surface area contributed by atoms with Gasteiger partial charge in [-0.1, -0.05) is 6.92 Å². The van der Waals surface area contributed by atoms with E-state index in [0.29, 0.717) is 25.4 Å². The summed E-state index contributed by atoms with van der Waals surface area (Å²) in [7, 11) is -1.50. The topological polar surface area (TPSA) is 121 Å². The first-order chi connectivity index (χ1) is 19.0. The molecule has 0 saturated carbocycles. The summed E-state index contributed by atoms with van der Waals surface area (Å²) in [5.74, 6) is -0.00334. The molecular formula is C29H44N4O6S. The number of hydrogen-bond donors (Lipinski definition) is 2. The van der Waals surface area contributed by atoms with Crippen LogP contribution in [0.1, 0.15) is 56.0 Å². The normalized spacial score (nSPS) is 22.2. The summed E-state index contributed by atoms with van der Waals surface area (Å²) in [6.45, 7) is 7.93. The summed E-state index contributed by atoms with van der Waals surface area (Å²) in [6, 6.07) is 8.24. The van der Waals surface area contributed by atoms with Gasteiger partial charge in [0, 0.05) is 50.2 Å². The average molecular weight is 577 g/mol. The number of likely N-dealkylation sites (N-methyl/N-ethyl adjacent to an activating group) is 1. The summed E-state index contributed by atoms with van der Waals surface area (Å²) in [4.78, 5) is 22.0. The molecule has 0 unspecified atom stereocenters. The highest BCUT2D eigenvalue weighted by molar-refractivity contribution is 7.92. The number of pyridine rings is 1. The first-order valence-corrected chi connectivity index (χ1v) is 15.7. The number of aromatic nitrogens is 1. The number of nitrogens with one attached hydrogen (secondary N) is 1. The van der Waals surface area contributed by atoms with E-state index >= 15 is 0 Å². The van der Waals surface area contributed by atoms with E-state index in [2.05, 4.69) is 21.5 Å². The van der Waals surface area contributed by atoms with Gasteiger partial charge in [0.1, 0.15) is 5.75 Å². The zero-order chi connectivity index (χ0) is 29.3. The number of anilines is 1. The largest absolute Gasteiger partial charge is 0.490 e. The van der Waals surface area contributed by atoms with Crippen molar-refractivity contribution in [2.75, 3.05) is 44.3 Å². The van der Waals surface area contributed by atoms with Crippen LogP contribution < -0.4 is 9.46 Å². The van der Waals surface area contributed by atoms with Gasteiger partial charge < -0.3 is 19.5 Å². The van der Waals surface area contributed by atoms with Gasteiger partial charge in [0.05, 0.1) is 36.7 Å². The molecule has 0 aliphatic carbocycles. The molecule has 0 saturated heterocycles. The Labute approximate surface area is 238 Å². The minimum absolute atomic E-state index is 0.0543. The lowest BCUT2D eigenvalue weighted by Crippen LogP contribution is -2.47. The Bertz CT molecular complexity index is 1200. The molecular weight excluding hydrogens is 532 g/mol. The first-order valence-electron chi connectivity index (χ1n) is 13.9. The number of hydrogen-bond acceptors (Lipinski definition) is 8. The lowest BCUT2D eigenvalue weighted by molar-refractivity contribution is -0.0177. The maximum Gasteiger partial charge on any atom is 0.258 e. The van der Waals surface area contributed by atoms with Crippen LogP contribution in [0.2, 0.25) is 0 Å². The van der Waals surface area contributed by atoms with Crippen molar-refractivity contribution in [3.8, 4) is 5.75 Å². The van der Waals surface area contributed by atoms with Crippen molar-refractivity contribution in [2.24, 2.45) is 5.92 Å². The molecule has 0 bridgehead atoms. The number of sulfonamides is 1. The van der Waals surface area contributed by atoms with Gasteiger partial charge in [0.2, 0.25) is 10.0 Å². The number of amides is 1. The molecule has 4 atom stereocenters.